The maximum atomic E-state index is 12.6. The molecule has 11 heteroatoms. The van der Waals surface area contributed by atoms with Crippen molar-refractivity contribution in [2.24, 2.45) is 5.73 Å². The smallest absolute Gasteiger partial charge is 0.329 e. The normalized spacial score (nSPS) is 12.9. The number of urea groups is 1. The van der Waals surface area contributed by atoms with Gasteiger partial charge in [-0.05, 0) is 31.9 Å². The number of nitrogens with one attached hydrogen (secondary N) is 3. The summed E-state index contributed by atoms with van der Waals surface area (Å²) in [4.78, 5) is 61.8. The lowest BCUT2D eigenvalue weighted by Gasteiger charge is -2.19. The SMILES string of the molecule is CC(C(=O)NC(CCCNC(N)=O)C(=O)O)n1c(=O)[nH]c2ccccc2c1=O. The Hall–Kier alpha value is -3.63. The topological polar surface area (TPSA) is 176 Å². The number of primary amides is 1. The van der Waals surface area contributed by atoms with Gasteiger partial charge in [0.2, 0.25) is 5.91 Å². The van der Waals surface area contributed by atoms with Crippen molar-refractivity contribution < 1.29 is 19.5 Å². The maximum absolute atomic E-state index is 12.6. The minimum Gasteiger partial charge on any atom is -0.480 e. The van der Waals surface area contributed by atoms with Crippen LogP contribution in [0.25, 0.3) is 10.9 Å². The van der Waals surface area contributed by atoms with Gasteiger partial charge in [-0.2, -0.15) is 0 Å². The molecule has 28 heavy (non-hydrogen) atoms. The highest BCUT2D eigenvalue weighted by Crippen LogP contribution is 2.07. The molecule has 6 N–H and O–H groups in total. The Balaban J connectivity index is 2.18. The van der Waals surface area contributed by atoms with Crippen LogP contribution in [0.4, 0.5) is 4.79 Å². The van der Waals surface area contributed by atoms with Crippen LogP contribution >= 0.6 is 0 Å². The van der Waals surface area contributed by atoms with Crippen LogP contribution in [0.15, 0.2) is 33.9 Å². The van der Waals surface area contributed by atoms with Crippen molar-refractivity contribution in [3.05, 3.63) is 45.1 Å². The molecule has 2 unspecified atom stereocenters. The number of carboxylic acids is 1. The molecule has 3 amide bonds. The number of carbonyl (C=O) groups is 3. The summed E-state index contributed by atoms with van der Waals surface area (Å²) in [5.74, 6) is -2.07. The summed E-state index contributed by atoms with van der Waals surface area (Å²) in [5, 5.41) is 14.1. The lowest BCUT2D eigenvalue weighted by Crippen LogP contribution is -2.48. The number of fused-ring (bicyclic) bond motifs is 1. The number of carbonyl (C=O) groups excluding carboxylic acids is 2. The molecule has 1 aromatic heterocycles. The fraction of sp³-hybridized carbons (Fsp3) is 0.353. The van der Waals surface area contributed by atoms with E-state index in [9.17, 15) is 29.1 Å². The summed E-state index contributed by atoms with van der Waals surface area (Å²) in [6.45, 7) is 1.47. The summed E-state index contributed by atoms with van der Waals surface area (Å²) in [6, 6.07) is 3.14. The number of aromatic nitrogens is 2. The van der Waals surface area contributed by atoms with E-state index in [4.69, 9.17) is 5.73 Å². The molecule has 2 aromatic rings. The fourth-order valence-corrected chi connectivity index (χ4v) is 2.71. The largest absolute Gasteiger partial charge is 0.480 e. The molecule has 0 aliphatic rings. The van der Waals surface area contributed by atoms with Gasteiger partial charge in [0, 0.05) is 6.54 Å². The zero-order chi connectivity index (χ0) is 20.8. The number of carboxylic acid groups (broad SMARTS) is 1. The second-order valence-electron chi connectivity index (χ2n) is 6.16. The third kappa shape index (κ3) is 4.75. The van der Waals surface area contributed by atoms with Gasteiger partial charge < -0.3 is 26.5 Å². The Morgan fingerprint density at radius 3 is 2.57 bits per heavy atom. The van der Waals surface area contributed by atoms with Crippen LogP contribution in [-0.2, 0) is 9.59 Å². The van der Waals surface area contributed by atoms with E-state index in [1.54, 1.807) is 18.2 Å². The predicted molar refractivity (Wildman–Crippen MR) is 99.9 cm³/mol. The highest BCUT2D eigenvalue weighted by Gasteiger charge is 2.25. The first kappa shape index (κ1) is 20.7. The number of hydrogen-bond acceptors (Lipinski definition) is 5. The zero-order valence-electron chi connectivity index (χ0n) is 15.1. The molecule has 1 heterocycles. The van der Waals surface area contributed by atoms with Gasteiger partial charge in [0.1, 0.15) is 12.1 Å². The van der Waals surface area contributed by atoms with Gasteiger partial charge in [0.25, 0.3) is 5.56 Å². The van der Waals surface area contributed by atoms with Crippen molar-refractivity contribution in [3.63, 3.8) is 0 Å². The highest BCUT2D eigenvalue weighted by molar-refractivity contribution is 5.86. The molecule has 11 nitrogen and oxygen atoms in total. The summed E-state index contributed by atoms with van der Waals surface area (Å²) in [7, 11) is 0. The number of nitrogens with two attached hydrogens (primary N) is 1. The van der Waals surface area contributed by atoms with Crippen molar-refractivity contribution in [1.82, 2.24) is 20.2 Å². The molecule has 0 aliphatic carbocycles. The van der Waals surface area contributed by atoms with Crippen LogP contribution < -0.4 is 27.6 Å². The monoisotopic (exact) mass is 391 g/mol. The van der Waals surface area contributed by atoms with E-state index in [0.29, 0.717) is 5.52 Å². The number of H-pyrrole nitrogens is 1. The standard InChI is InChI=1S/C17H21N5O6/c1-9(13(23)20-12(15(25)26)7-4-8-19-16(18)27)22-14(24)10-5-2-3-6-11(10)21-17(22)28/h2-3,5-6,9,12H,4,7-8H2,1H3,(H,20,23)(H,21,28)(H,25,26)(H3,18,19,27). The van der Waals surface area contributed by atoms with Crippen molar-refractivity contribution in [2.75, 3.05) is 6.54 Å². The Morgan fingerprint density at radius 1 is 1.25 bits per heavy atom. The maximum Gasteiger partial charge on any atom is 0.329 e. The minimum absolute atomic E-state index is 0.0249. The Labute approximate surface area is 158 Å². The molecule has 0 spiro atoms. The molecule has 0 bridgehead atoms. The Morgan fingerprint density at radius 2 is 1.93 bits per heavy atom. The van der Waals surface area contributed by atoms with E-state index in [2.05, 4.69) is 15.6 Å². The number of hydrogen-bond donors (Lipinski definition) is 5. The summed E-state index contributed by atoms with van der Waals surface area (Å²) in [5.41, 5.74) is 3.83. The molecular formula is C17H21N5O6. The third-order valence-corrected chi connectivity index (χ3v) is 4.19. The van der Waals surface area contributed by atoms with Crippen LogP contribution in [-0.4, -0.2) is 45.2 Å². The first-order valence-corrected chi connectivity index (χ1v) is 8.52. The molecule has 0 radical (unpaired) electrons. The predicted octanol–water partition coefficient (Wildman–Crippen LogP) is -0.731. The molecule has 0 aliphatic heterocycles. The quantitative estimate of drug-likeness (QED) is 0.370. The molecule has 2 rings (SSSR count). The molecular weight excluding hydrogens is 370 g/mol. The average molecular weight is 391 g/mol. The van der Waals surface area contributed by atoms with E-state index in [-0.39, 0.29) is 24.8 Å². The van der Waals surface area contributed by atoms with Gasteiger partial charge in [-0.1, -0.05) is 12.1 Å². The fourth-order valence-electron chi connectivity index (χ4n) is 2.71. The van der Waals surface area contributed by atoms with Crippen LogP contribution in [0.5, 0.6) is 0 Å². The van der Waals surface area contributed by atoms with Crippen LogP contribution in [0, 0.1) is 0 Å². The first-order chi connectivity index (χ1) is 13.2. The Bertz CT molecular complexity index is 1010. The van der Waals surface area contributed by atoms with Gasteiger partial charge in [-0.3, -0.25) is 9.59 Å². The second-order valence-corrected chi connectivity index (χ2v) is 6.16. The van der Waals surface area contributed by atoms with Gasteiger partial charge in [-0.15, -0.1) is 0 Å². The second kappa shape index (κ2) is 8.84. The molecule has 1 aromatic carbocycles. The molecule has 2 atom stereocenters. The minimum atomic E-state index is -1.28. The van der Waals surface area contributed by atoms with E-state index in [1.807, 2.05) is 0 Å². The van der Waals surface area contributed by atoms with Crippen LogP contribution in [0.3, 0.4) is 0 Å². The van der Waals surface area contributed by atoms with Gasteiger partial charge in [0.05, 0.1) is 10.9 Å². The summed E-state index contributed by atoms with van der Waals surface area (Å²) < 4.78 is 0.741. The lowest BCUT2D eigenvalue weighted by molar-refractivity contribution is -0.142. The number of aromatic amines is 1. The number of aliphatic carboxylic acids is 1. The molecule has 150 valence electrons. The zero-order valence-corrected chi connectivity index (χ0v) is 15.1. The summed E-state index contributed by atoms with van der Waals surface area (Å²) in [6.07, 6.45) is 0.280. The highest BCUT2D eigenvalue weighted by atomic mass is 16.4. The van der Waals surface area contributed by atoms with Gasteiger partial charge >= 0.3 is 17.7 Å². The van der Waals surface area contributed by atoms with Crippen molar-refractivity contribution >= 4 is 28.8 Å². The molecule has 0 saturated heterocycles. The lowest BCUT2D eigenvalue weighted by atomic mass is 10.1. The van der Waals surface area contributed by atoms with Gasteiger partial charge in [-0.25, -0.2) is 19.0 Å². The van der Waals surface area contributed by atoms with E-state index in [0.717, 1.165) is 4.57 Å². The van der Waals surface area contributed by atoms with Crippen LogP contribution in [0.2, 0.25) is 0 Å². The third-order valence-electron chi connectivity index (χ3n) is 4.19. The number of rotatable bonds is 8. The number of nitrogens with zero attached hydrogens (tertiary/aromatic N) is 1. The summed E-state index contributed by atoms with van der Waals surface area (Å²) >= 11 is 0. The van der Waals surface area contributed by atoms with E-state index < -0.39 is 41.2 Å². The van der Waals surface area contributed by atoms with Crippen LogP contribution in [0.1, 0.15) is 25.8 Å². The Kier molecular flexibility index (Phi) is 6.53. The molecule has 0 fully saturated rings. The first-order valence-electron chi connectivity index (χ1n) is 8.52. The molecule has 0 saturated carbocycles. The van der Waals surface area contributed by atoms with Crippen molar-refractivity contribution in [2.45, 2.75) is 31.8 Å². The van der Waals surface area contributed by atoms with Gasteiger partial charge in [0.15, 0.2) is 0 Å². The van der Waals surface area contributed by atoms with E-state index >= 15 is 0 Å². The number of benzene rings is 1. The number of para-hydroxylation sites is 1. The average Bonchev–Trinajstić information content (AvgIpc) is 2.63. The van der Waals surface area contributed by atoms with E-state index in [1.165, 1.54) is 13.0 Å². The van der Waals surface area contributed by atoms with Crippen molar-refractivity contribution in [3.8, 4) is 0 Å². The van der Waals surface area contributed by atoms with Crippen molar-refractivity contribution in [1.29, 1.82) is 0 Å². The number of amides is 3.